The highest BCUT2D eigenvalue weighted by molar-refractivity contribution is 8.08. The molecule has 1 heterocycles. The van der Waals surface area contributed by atoms with Crippen molar-refractivity contribution in [3.63, 3.8) is 0 Å². The summed E-state index contributed by atoms with van der Waals surface area (Å²) in [5.74, 6) is -0.253. The zero-order valence-corrected chi connectivity index (χ0v) is 14.0. The van der Waals surface area contributed by atoms with Crippen molar-refractivity contribution >= 4 is 39.5 Å². The number of amides is 1. The molecular formula is C17H15ClN2O2S. The van der Waals surface area contributed by atoms with Crippen LogP contribution in [-0.4, -0.2) is 20.9 Å². The second-order valence-electron chi connectivity index (χ2n) is 5.36. The van der Waals surface area contributed by atoms with Crippen LogP contribution in [0.25, 0.3) is 0 Å². The van der Waals surface area contributed by atoms with Gasteiger partial charge in [0.25, 0.3) is 5.91 Å². The molecule has 0 aliphatic carbocycles. The van der Waals surface area contributed by atoms with Gasteiger partial charge in [-0.25, -0.2) is 0 Å². The van der Waals surface area contributed by atoms with Crippen molar-refractivity contribution in [2.45, 2.75) is 18.6 Å². The van der Waals surface area contributed by atoms with Crippen LogP contribution in [0, 0.1) is 6.92 Å². The highest BCUT2D eigenvalue weighted by Gasteiger charge is 2.43. The Morgan fingerprint density at radius 1 is 1.17 bits per heavy atom. The predicted octanol–water partition coefficient (Wildman–Crippen LogP) is 3.13. The second-order valence-corrected chi connectivity index (χ2v) is 7.35. The summed E-state index contributed by atoms with van der Waals surface area (Å²) in [6.07, 6.45) is 0.429. The maximum atomic E-state index is 12.5. The number of aliphatic imine (C=N–C) groups is 1. The van der Waals surface area contributed by atoms with E-state index in [4.69, 9.17) is 11.6 Å². The van der Waals surface area contributed by atoms with Gasteiger partial charge in [0, 0.05) is 22.6 Å². The Hall–Kier alpha value is -1.82. The lowest BCUT2D eigenvalue weighted by atomic mass is 10.1. The van der Waals surface area contributed by atoms with E-state index in [1.807, 2.05) is 31.2 Å². The van der Waals surface area contributed by atoms with Crippen LogP contribution in [0.15, 0.2) is 53.5 Å². The summed E-state index contributed by atoms with van der Waals surface area (Å²) < 4.78 is 12.5. The molecule has 2 aromatic rings. The SMILES string of the molecule is Cc1ccc(CC2C(=O)N/C(=N\c3ccc(Cl)cc3)[S+]2[O-])cc1. The molecular weight excluding hydrogens is 332 g/mol. The van der Waals surface area contributed by atoms with Crippen LogP contribution in [0.3, 0.4) is 0 Å². The highest BCUT2D eigenvalue weighted by Crippen LogP contribution is 2.22. The molecule has 6 heteroatoms. The number of nitrogens with zero attached hydrogens (tertiary/aromatic N) is 1. The fraction of sp³-hybridized carbons (Fsp3) is 0.176. The Balaban J connectivity index is 1.77. The van der Waals surface area contributed by atoms with Crippen molar-refractivity contribution in [3.8, 4) is 0 Å². The fourth-order valence-corrected chi connectivity index (χ4v) is 3.67. The lowest BCUT2D eigenvalue weighted by Crippen LogP contribution is -2.27. The molecule has 1 fully saturated rings. The minimum atomic E-state index is -1.48. The van der Waals surface area contributed by atoms with Crippen LogP contribution in [-0.2, 0) is 22.4 Å². The summed E-state index contributed by atoms with van der Waals surface area (Å²) in [6.45, 7) is 2.00. The number of nitrogens with one attached hydrogen (secondary N) is 1. The van der Waals surface area contributed by atoms with Gasteiger partial charge in [0.15, 0.2) is 0 Å². The lowest BCUT2D eigenvalue weighted by Gasteiger charge is -2.10. The van der Waals surface area contributed by atoms with Gasteiger partial charge in [-0.2, -0.15) is 4.99 Å². The molecule has 2 aromatic carbocycles. The number of amidine groups is 1. The van der Waals surface area contributed by atoms with E-state index in [1.165, 1.54) is 0 Å². The first-order valence-electron chi connectivity index (χ1n) is 7.14. The third-order valence-corrected chi connectivity index (χ3v) is 5.29. The largest absolute Gasteiger partial charge is 0.608 e. The molecule has 118 valence electrons. The summed E-state index contributed by atoms with van der Waals surface area (Å²) in [7, 11) is 0. The Bertz CT molecular complexity index is 744. The van der Waals surface area contributed by atoms with Gasteiger partial charge in [0.2, 0.25) is 5.25 Å². The second kappa shape index (κ2) is 6.74. The summed E-state index contributed by atoms with van der Waals surface area (Å²) in [6, 6.07) is 14.7. The Morgan fingerprint density at radius 3 is 2.48 bits per heavy atom. The number of hydrogen-bond donors (Lipinski definition) is 1. The average Bonchev–Trinajstić information content (AvgIpc) is 2.79. The van der Waals surface area contributed by atoms with Crippen LogP contribution in [0.5, 0.6) is 0 Å². The fourth-order valence-electron chi connectivity index (χ4n) is 2.28. The Labute approximate surface area is 142 Å². The quantitative estimate of drug-likeness (QED) is 0.868. The first kappa shape index (κ1) is 16.1. The van der Waals surface area contributed by atoms with Gasteiger partial charge < -0.3 is 4.55 Å². The highest BCUT2D eigenvalue weighted by atomic mass is 35.5. The molecule has 2 atom stereocenters. The third kappa shape index (κ3) is 3.75. The molecule has 23 heavy (non-hydrogen) atoms. The number of halogens is 1. The van der Waals surface area contributed by atoms with Crippen molar-refractivity contribution in [1.82, 2.24) is 5.32 Å². The van der Waals surface area contributed by atoms with E-state index in [-0.39, 0.29) is 11.1 Å². The minimum Gasteiger partial charge on any atom is -0.608 e. The predicted molar refractivity (Wildman–Crippen MR) is 93.5 cm³/mol. The third-order valence-electron chi connectivity index (χ3n) is 3.57. The minimum absolute atomic E-state index is 0.203. The number of aryl methyl sites for hydroxylation is 1. The van der Waals surface area contributed by atoms with Gasteiger partial charge in [0.1, 0.15) is 0 Å². The Kier molecular flexibility index (Phi) is 4.71. The van der Waals surface area contributed by atoms with E-state index >= 15 is 0 Å². The summed E-state index contributed by atoms with van der Waals surface area (Å²) in [4.78, 5) is 16.4. The van der Waals surface area contributed by atoms with Crippen LogP contribution in [0.4, 0.5) is 5.69 Å². The molecule has 1 amide bonds. The zero-order chi connectivity index (χ0) is 16.4. The van der Waals surface area contributed by atoms with Crippen molar-refractivity contribution in [3.05, 3.63) is 64.7 Å². The van der Waals surface area contributed by atoms with E-state index in [0.29, 0.717) is 17.1 Å². The molecule has 3 rings (SSSR count). The molecule has 0 spiro atoms. The summed E-state index contributed by atoms with van der Waals surface area (Å²) in [5.41, 5.74) is 2.74. The average molecular weight is 347 g/mol. The molecule has 0 radical (unpaired) electrons. The van der Waals surface area contributed by atoms with Crippen LogP contribution < -0.4 is 5.32 Å². The summed E-state index contributed by atoms with van der Waals surface area (Å²) >= 11 is 4.34. The van der Waals surface area contributed by atoms with Gasteiger partial charge in [0.05, 0.1) is 5.69 Å². The smallest absolute Gasteiger partial charge is 0.324 e. The molecule has 1 saturated heterocycles. The van der Waals surface area contributed by atoms with Crippen molar-refractivity contribution in [2.75, 3.05) is 0 Å². The van der Waals surface area contributed by atoms with Crippen molar-refractivity contribution in [1.29, 1.82) is 0 Å². The molecule has 0 aromatic heterocycles. The van der Waals surface area contributed by atoms with E-state index in [1.54, 1.807) is 24.3 Å². The lowest BCUT2D eigenvalue weighted by molar-refractivity contribution is -0.118. The van der Waals surface area contributed by atoms with E-state index in [2.05, 4.69) is 10.3 Å². The molecule has 1 N–H and O–H groups in total. The number of benzene rings is 2. The van der Waals surface area contributed by atoms with Crippen LogP contribution in [0.1, 0.15) is 11.1 Å². The normalized spacial score (nSPS) is 22.4. The number of carbonyl (C=O) groups excluding carboxylic acids is 1. The van der Waals surface area contributed by atoms with E-state index in [9.17, 15) is 9.35 Å². The van der Waals surface area contributed by atoms with E-state index in [0.717, 1.165) is 11.1 Å². The van der Waals surface area contributed by atoms with E-state index < -0.39 is 16.4 Å². The molecule has 1 aliphatic heterocycles. The number of hydrogen-bond acceptors (Lipinski definition) is 3. The maximum Gasteiger partial charge on any atom is 0.324 e. The van der Waals surface area contributed by atoms with Gasteiger partial charge in [-0.15, -0.1) is 0 Å². The maximum absolute atomic E-state index is 12.5. The topological polar surface area (TPSA) is 64.5 Å². The van der Waals surface area contributed by atoms with Crippen molar-refractivity contribution in [2.24, 2.45) is 4.99 Å². The molecule has 4 nitrogen and oxygen atoms in total. The number of rotatable bonds is 3. The van der Waals surface area contributed by atoms with Crippen molar-refractivity contribution < 1.29 is 9.35 Å². The first-order chi connectivity index (χ1) is 11.0. The van der Waals surface area contributed by atoms with Gasteiger partial charge in [-0.1, -0.05) is 41.4 Å². The van der Waals surface area contributed by atoms with Gasteiger partial charge in [-0.3, -0.25) is 10.1 Å². The van der Waals surface area contributed by atoms with Gasteiger partial charge >= 0.3 is 5.17 Å². The number of carbonyl (C=O) groups is 1. The monoisotopic (exact) mass is 346 g/mol. The standard InChI is InChI=1S/C17H15ClN2O2S/c1-11-2-4-12(5-3-11)10-15-16(21)20-17(23(15)22)19-14-8-6-13(18)7-9-14/h2-9,15H,10H2,1H3,(H,19,20,21). The Morgan fingerprint density at radius 2 is 1.83 bits per heavy atom. The van der Waals surface area contributed by atoms with Gasteiger partial charge in [-0.05, 0) is 36.8 Å². The van der Waals surface area contributed by atoms with Crippen LogP contribution in [0.2, 0.25) is 5.02 Å². The zero-order valence-electron chi connectivity index (χ0n) is 12.5. The summed E-state index contributed by atoms with van der Waals surface area (Å²) in [5, 5.41) is 2.82. The first-order valence-corrected chi connectivity index (χ1v) is 8.73. The molecule has 2 unspecified atom stereocenters. The van der Waals surface area contributed by atoms with Crippen LogP contribution >= 0.6 is 11.6 Å². The molecule has 1 aliphatic rings. The molecule has 0 bridgehead atoms. The molecule has 0 saturated carbocycles.